The molecular formula is C24H25ClF2N4O3. The van der Waals surface area contributed by atoms with Crippen LogP contribution in [0.3, 0.4) is 0 Å². The minimum absolute atomic E-state index is 0.0224. The number of carbonyl (C=O) groups is 2. The monoisotopic (exact) mass is 490 g/mol. The van der Waals surface area contributed by atoms with Gasteiger partial charge in [0.2, 0.25) is 0 Å². The minimum Gasteiger partial charge on any atom is -0.463 e. The molecule has 4 rings (SSSR count). The molecule has 10 heteroatoms. The highest BCUT2D eigenvalue weighted by atomic mass is 35.5. The van der Waals surface area contributed by atoms with Crippen LogP contribution in [-0.2, 0) is 9.53 Å². The van der Waals surface area contributed by atoms with Crippen LogP contribution in [0.15, 0.2) is 53.9 Å². The number of para-hydroxylation sites is 2. The van der Waals surface area contributed by atoms with Gasteiger partial charge in [-0.2, -0.15) is 0 Å². The molecule has 0 radical (unpaired) electrons. The molecule has 1 atom stereocenters. The molecule has 180 valence electrons. The van der Waals surface area contributed by atoms with Gasteiger partial charge in [0.15, 0.2) is 0 Å². The third kappa shape index (κ3) is 5.15. The SMILES string of the molecule is CCOC(=O)C1=C(F)CCN(CC2CNc3ccccc3N2C(=O)Nc2ccc(F)c(Cl)c2)C1. The predicted molar refractivity (Wildman–Crippen MR) is 127 cm³/mol. The van der Waals surface area contributed by atoms with E-state index in [1.54, 1.807) is 11.8 Å². The first-order valence-corrected chi connectivity index (χ1v) is 11.4. The number of ether oxygens (including phenoxy) is 1. The fraction of sp³-hybridized carbons (Fsp3) is 0.333. The maximum atomic E-state index is 14.3. The third-order valence-electron chi connectivity index (χ3n) is 5.79. The van der Waals surface area contributed by atoms with Crippen LogP contribution in [0.2, 0.25) is 5.02 Å². The van der Waals surface area contributed by atoms with Gasteiger partial charge in [0.1, 0.15) is 11.6 Å². The Morgan fingerprint density at radius 2 is 2.03 bits per heavy atom. The van der Waals surface area contributed by atoms with Crippen molar-refractivity contribution in [1.29, 1.82) is 0 Å². The van der Waals surface area contributed by atoms with E-state index in [0.29, 0.717) is 31.0 Å². The largest absolute Gasteiger partial charge is 0.463 e. The van der Waals surface area contributed by atoms with E-state index >= 15 is 0 Å². The molecule has 0 saturated carbocycles. The number of nitrogens with zero attached hydrogens (tertiary/aromatic N) is 2. The van der Waals surface area contributed by atoms with Gasteiger partial charge >= 0.3 is 12.0 Å². The molecule has 2 aromatic carbocycles. The van der Waals surface area contributed by atoms with Crippen LogP contribution in [0.1, 0.15) is 13.3 Å². The second kappa shape index (κ2) is 10.4. The Morgan fingerprint density at radius 3 is 2.79 bits per heavy atom. The zero-order valence-corrected chi connectivity index (χ0v) is 19.4. The lowest BCUT2D eigenvalue weighted by atomic mass is 10.1. The number of urea groups is 1. The Morgan fingerprint density at radius 1 is 1.24 bits per heavy atom. The number of nitrogens with one attached hydrogen (secondary N) is 2. The van der Waals surface area contributed by atoms with E-state index < -0.39 is 23.6 Å². The topological polar surface area (TPSA) is 73.9 Å². The van der Waals surface area contributed by atoms with Crippen molar-refractivity contribution in [2.24, 2.45) is 0 Å². The Kier molecular flexibility index (Phi) is 7.33. The quantitative estimate of drug-likeness (QED) is 0.589. The van der Waals surface area contributed by atoms with Gasteiger partial charge in [-0.1, -0.05) is 23.7 Å². The number of esters is 1. The molecule has 0 fully saturated rings. The number of carbonyl (C=O) groups excluding carboxylic acids is 2. The van der Waals surface area contributed by atoms with Crippen molar-refractivity contribution < 1.29 is 23.1 Å². The van der Waals surface area contributed by atoms with Crippen molar-refractivity contribution in [3.63, 3.8) is 0 Å². The van der Waals surface area contributed by atoms with Crippen molar-refractivity contribution in [1.82, 2.24) is 4.90 Å². The summed E-state index contributed by atoms with van der Waals surface area (Å²) in [5.41, 5.74) is 1.85. The first kappa shape index (κ1) is 24.0. The first-order valence-electron chi connectivity index (χ1n) is 11.0. The molecule has 1 unspecified atom stereocenters. The number of hydrogen-bond donors (Lipinski definition) is 2. The normalized spacial score (nSPS) is 18.2. The van der Waals surface area contributed by atoms with Crippen LogP contribution in [-0.4, -0.2) is 55.7 Å². The van der Waals surface area contributed by atoms with Gasteiger partial charge in [0.05, 0.1) is 34.6 Å². The second-order valence-electron chi connectivity index (χ2n) is 8.07. The summed E-state index contributed by atoms with van der Waals surface area (Å²) in [6.07, 6.45) is 0.102. The summed E-state index contributed by atoms with van der Waals surface area (Å²) in [4.78, 5) is 29.1. The van der Waals surface area contributed by atoms with E-state index in [2.05, 4.69) is 10.6 Å². The van der Waals surface area contributed by atoms with Crippen molar-refractivity contribution in [3.8, 4) is 0 Å². The Hall–Kier alpha value is -3.17. The molecule has 2 heterocycles. The smallest absolute Gasteiger partial charge is 0.337 e. The summed E-state index contributed by atoms with van der Waals surface area (Å²) < 4.78 is 32.8. The minimum atomic E-state index is -0.653. The van der Waals surface area contributed by atoms with Crippen molar-refractivity contribution in [2.75, 3.05) is 48.3 Å². The van der Waals surface area contributed by atoms with E-state index in [0.717, 1.165) is 5.69 Å². The molecule has 0 aromatic heterocycles. The maximum absolute atomic E-state index is 14.3. The highest BCUT2D eigenvalue weighted by molar-refractivity contribution is 6.31. The van der Waals surface area contributed by atoms with E-state index in [4.69, 9.17) is 16.3 Å². The average Bonchev–Trinajstić information content (AvgIpc) is 2.82. The Balaban J connectivity index is 1.55. The molecule has 2 amide bonds. The number of hydrogen-bond acceptors (Lipinski definition) is 5. The fourth-order valence-corrected chi connectivity index (χ4v) is 4.35. The second-order valence-corrected chi connectivity index (χ2v) is 8.48. The third-order valence-corrected chi connectivity index (χ3v) is 6.08. The van der Waals surface area contributed by atoms with Crippen LogP contribution in [0.25, 0.3) is 0 Å². The van der Waals surface area contributed by atoms with Gasteiger partial charge in [-0.3, -0.25) is 9.80 Å². The lowest BCUT2D eigenvalue weighted by molar-refractivity contribution is -0.139. The highest BCUT2D eigenvalue weighted by Gasteiger charge is 2.34. The summed E-state index contributed by atoms with van der Waals surface area (Å²) in [6.45, 7) is 3.20. The van der Waals surface area contributed by atoms with Gasteiger partial charge in [0.25, 0.3) is 0 Å². The van der Waals surface area contributed by atoms with Crippen molar-refractivity contribution >= 4 is 40.7 Å². The number of fused-ring (bicyclic) bond motifs is 1. The summed E-state index contributed by atoms with van der Waals surface area (Å²) in [5, 5.41) is 6.02. The molecule has 0 saturated heterocycles. The van der Waals surface area contributed by atoms with Crippen LogP contribution in [0.5, 0.6) is 0 Å². The zero-order chi connectivity index (χ0) is 24.2. The molecule has 7 nitrogen and oxygen atoms in total. The number of anilines is 3. The summed E-state index contributed by atoms with van der Waals surface area (Å²) >= 11 is 5.87. The Bertz CT molecular complexity index is 1130. The molecule has 0 spiro atoms. The van der Waals surface area contributed by atoms with E-state index in [1.807, 2.05) is 29.2 Å². The lowest BCUT2D eigenvalue weighted by Crippen LogP contribution is -2.55. The predicted octanol–water partition coefficient (Wildman–Crippen LogP) is 4.80. The van der Waals surface area contributed by atoms with Crippen LogP contribution < -0.4 is 15.5 Å². The van der Waals surface area contributed by atoms with E-state index in [1.165, 1.54) is 18.2 Å². The fourth-order valence-electron chi connectivity index (χ4n) is 4.17. The highest BCUT2D eigenvalue weighted by Crippen LogP contribution is 2.33. The van der Waals surface area contributed by atoms with Gasteiger partial charge < -0.3 is 15.4 Å². The van der Waals surface area contributed by atoms with Crippen molar-refractivity contribution in [3.05, 3.63) is 64.7 Å². The van der Waals surface area contributed by atoms with E-state index in [-0.39, 0.29) is 36.2 Å². The van der Waals surface area contributed by atoms with Gasteiger partial charge in [-0.05, 0) is 37.3 Å². The number of benzene rings is 2. The maximum Gasteiger partial charge on any atom is 0.337 e. The Labute approximate surface area is 201 Å². The molecule has 0 aliphatic carbocycles. The lowest BCUT2D eigenvalue weighted by Gasteiger charge is -2.40. The molecule has 0 bridgehead atoms. The molecule has 2 aromatic rings. The van der Waals surface area contributed by atoms with Gasteiger partial charge in [-0.25, -0.2) is 18.4 Å². The summed E-state index contributed by atoms with van der Waals surface area (Å²) in [6, 6.07) is 10.6. The number of halogens is 3. The van der Waals surface area contributed by atoms with E-state index in [9.17, 15) is 18.4 Å². The zero-order valence-electron chi connectivity index (χ0n) is 18.6. The molecule has 34 heavy (non-hydrogen) atoms. The van der Waals surface area contributed by atoms with Crippen molar-refractivity contribution in [2.45, 2.75) is 19.4 Å². The van der Waals surface area contributed by atoms with Gasteiger partial charge in [0, 0.05) is 38.3 Å². The standard InChI is InChI=1S/C24H25ClF2N4O3/c1-2-34-23(32)17-14-30(10-9-19(17)26)13-16-12-28-21-5-3-4-6-22(21)31(16)24(33)29-15-7-8-20(27)18(25)11-15/h3-8,11,16,28H,2,9-10,12-14H2,1H3,(H,29,33). The average molecular weight is 491 g/mol. The van der Waals surface area contributed by atoms with Gasteiger partial charge in [-0.15, -0.1) is 0 Å². The van der Waals surface area contributed by atoms with Crippen LogP contribution >= 0.6 is 11.6 Å². The molecular weight excluding hydrogens is 466 g/mol. The summed E-state index contributed by atoms with van der Waals surface area (Å²) in [5.74, 6) is -1.68. The molecule has 2 aliphatic rings. The van der Waals surface area contributed by atoms with Crippen LogP contribution in [0.4, 0.5) is 30.6 Å². The van der Waals surface area contributed by atoms with Crippen LogP contribution in [0, 0.1) is 5.82 Å². The molecule has 2 N–H and O–H groups in total. The number of rotatable bonds is 5. The molecule has 2 aliphatic heterocycles. The first-order chi connectivity index (χ1) is 16.4. The number of amides is 2. The summed E-state index contributed by atoms with van der Waals surface area (Å²) in [7, 11) is 0.